The van der Waals surface area contributed by atoms with E-state index in [4.69, 9.17) is 22.2 Å². The molecule has 0 saturated carbocycles. The Bertz CT molecular complexity index is 574. The smallest absolute Gasteiger partial charge is 0.233 e. The number of hydrazine groups is 1. The molecular weight excluding hydrogens is 276 g/mol. The minimum atomic E-state index is -0.159. The summed E-state index contributed by atoms with van der Waals surface area (Å²) in [5, 5.41) is 8.78. The number of nitrogens with two attached hydrogens (primary N) is 1. The molecule has 0 amide bonds. The van der Waals surface area contributed by atoms with Crippen molar-refractivity contribution in [2.24, 2.45) is 5.84 Å². The van der Waals surface area contributed by atoms with Gasteiger partial charge in [0.1, 0.15) is 0 Å². The fraction of sp³-hybridized carbons (Fsp3) is 0.286. The molecule has 1 heterocycles. The van der Waals surface area contributed by atoms with Gasteiger partial charge in [-0.15, -0.1) is 5.10 Å². The molecule has 20 heavy (non-hydrogen) atoms. The zero-order valence-corrected chi connectivity index (χ0v) is 12.2. The maximum Gasteiger partial charge on any atom is 0.233 e. The Balaban J connectivity index is 2.19. The molecule has 0 aliphatic heterocycles. The molecule has 3 N–H and O–H groups in total. The van der Waals surface area contributed by atoms with Crippen molar-refractivity contribution < 1.29 is 4.74 Å². The summed E-state index contributed by atoms with van der Waals surface area (Å²) in [4.78, 5) is 0. The van der Waals surface area contributed by atoms with Crippen LogP contribution in [0.25, 0.3) is 0 Å². The van der Waals surface area contributed by atoms with E-state index in [9.17, 15) is 0 Å². The summed E-state index contributed by atoms with van der Waals surface area (Å²) in [6, 6.07) is 9.38. The molecule has 1 aromatic carbocycles. The Hall–Kier alpha value is -1.69. The highest BCUT2D eigenvalue weighted by atomic mass is 35.5. The highest BCUT2D eigenvalue weighted by Gasteiger charge is 2.14. The molecule has 5 nitrogen and oxygen atoms in total. The lowest BCUT2D eigenvalue weighted by atomic mass is 10.0. The van der Waals surface area contributed by atoms with Crippen molar-refractivity contribution in [2.45, 2.75) is 19.4 Å². The van der Waals surface area contributed by atoms with E-state index in [0.29, 0.717) is 12.3 Å². The fourth-order valence-electron chi connectivity index (χ4n) is 1.91. The van der Waals surface area contributed by atoms with Gasteiger partial charge in [0, 0.05) is 11.1 Å². The maximum atomic E-state index is 6.24. The molecule has 0 saturated heterocycles. The molecule has 0 aliphatic rings. The van der Waals surface area contributed by atoms with E-state index in [0.717, 1.165) is 21.8 Å². The van der Waals surface area contributed by atoms with E-state index in [-0.39, 0.29) is 6.04 Å². The minimum absolute atomic E-state index is 0.159. The number of aromatic nitrogens is 2. The van der Waals surface area contributed by atoms with Crippen molar-refractivity contribution in [1.82, 2.24) is 15.6 Å². The van der Waals surface area contributed by atoms with Crippen LogP contribution in [0, 0.1) is 6.92 Å². The third kappa shape index (κ3) is 3.45. The van der Waals surface area contributed by atoms with Gasteiger partial charge in [0.05, 0.1) is 18.8 Å². The van der Waals surface area contributed by atoms with Crippen LogP contribution in [0.4, 0.5) is 0 Å². The molecular formula is C14H17ClN4O. The molecule has 0 bridgehead atoms. The average Bonchev–Trinajstić information content (AvgIpc) is 2.47. The second-order valence-electron chi connectivity index (χ2n) is 4.52. The van der Waals surface area contributed by atoms with Gasteiger partial charge in [0.15, 0.2) is 0 Å². The van der Waals surface area contributed by atoms with Gasteiger partial charge >= 0.3 is 0 Å². The van der Waals surface area contributed by atoms with Crippen molar-refractivity contribution in [3.63, 3.8) is 0 Å². The van der Waals surface area contributed by atoms with Gasteiger partial charge in [0.2, 0.25) is 5.88 Å². The number of ether oxygens (including phenoxy) is 1. The van der Waals surface area contributed by atoms with Crippen molar-refractivity contribution >= 4 is 11.6 Å². The van der Waals surface area contributed by atoms with Gasteiger partial charge in [-0.25, -0.2) is 0 Å². The molecule has 0 spiro atoms. The topological polar surface area (TPSA) is 73.1 Å². The van der Waals surface area contributed by atoms with Gasteiger partial charge in [-0.2, -0.15) is 5.10 Å². The van der Waals surface area contributed by atoms with E-state index in [1.54, 1.807) is 13.2 Å². The summed E-state index contributed by atoms with van der Waals surface area (Å²) in [5.41, 5.74) is 5.62. The van der Waals surface area contributed by atoms with Crippen LogP contribution < -0.4 is 16.0 Å². The van der Waals surface area contributed by atoms with Crippen LogP contribution in [0.2, 0.25) is 5.02 Å². The Kier molecular flexibility index (Phi) is 4.89. The van der Waals surface area contributed by atoms with E-state index >= 15 is 0 Å². The number of nitrogens with zero attached hydrogens (tertiary/aromatic N) is 2. The van der Waals surface area contributed by atoms with Crippen molar-refractivity contribution in [2.75, 3.05) is 7.11 Å². The molecule has 1 unspecified atom stereocenters. The Morgan fingerprint density at radius 3 is 2.65 bits per heavy atom. The van der Waals surface area contributed by atoms with Crippen LogP contribution in [0.15, 0.2) is 30.3 Å². The average molecular weight is 293 g/mol. The molecule has 2 rings (SSSR count). The fourth-order valence-corrected chi connectivity index (χ4v) is 2.22. The second kappa shape index (κ2) is 6.65. The van der Waals surface area contributed by atoms with Gasteiger partial charge in [0.25, 0.3) is 0 Å². The molecule has 106 valence electrons. The van der Waals surface area contributed by atoms with E-state index in [1.165, 1.54) is 0 Å². The molecule has 1 atom stereocenters. The summed E-state index contributed by atoms with van der Waals surface area (Å²) < 4.78 is 4.99. The quantitative estimate of drug-likeness (QED) is 0.653. The molecule has 0 aliphatic carbocycles. The van der Waals surface area contributed by atoms with Crippen LogP contribution in [0.3, 0.4) is 0 Å². The summed E-state index contributed by atoms with van der Waals surface area (Å²) in [6.07, 6.45) is 0.636. The normalized spacial score (nSPS) is 12.2. The molecule has 6 heteroatoms. The summed E-state index contributed by atoms with van der Waals surface area (Å²) in [6.45, 7) is 2.00. The molecule has 1 aromatic heterocycles. The third-order valence-corrected chi connectivity index (χ3v) is 3.41. The Morgan fingerprint density at radius 2 is 2.10 bits per heavy atom. The minimum Gasteiger partial charge on any atom is -0.480 e. The van der Waals surface area contributed by atoms with Crippen LogP contribution in [-0.4, -0.2) is 17.3 Å². The zero-order valence-electron chi connectivity index (χ0n) is 11.4. The zero-order chi connectivity index (χ0) is 14.5. The number of halogens is 1. The first kappa shape index (κ1) is 14.7. The largest absolute Gasteiger partial charge is 0.480 e. The molecule has 0 radical (unpaired) electrons. The molecule has 2 aromatic rings. The lowest BCUT2D eigenvalue weighted by Gasteiger charge is -2.16. The van der Waals surface area contributed by atoms with Gasteiger partial charge < -0.3 is 4.74 Å². The predicted octanol–water partition coefficient (Wildman–Crippen LogP) is 2.19. The number of hydrogen-bond donors (Lipinski definition) is 2. The molecule has 0 fully saturated rings. The lowest BCUT2D eigenvalue weighted by molar-refractivity contribution is 0.389. The van der Waals surface area contributed by atoms with Gasteiger partial charge in [-0.05, 0) is 36.6 Å². The first-order valence-electron chi connectivity index (χ1n) is 6.23. The van der Waals surface area contributed by atoms with Crippen LogP contribution >= 0.6 is 11.6 Å². The number of benzene rings is 1. The Morgan fingerprint density at radius 1 is 1.30 bits per heavy atom. The Labute approximate surface area is 123 Å². The highest BCUT2D eigenvalue weighted by molar-refractivity contribution is 6.31. The monoisotopic (exact) mass is 292 g/mol. The van der Waals surface area contributed by atoms with E-state index < -0.39 is 0 Å². The number of hydrogen-bond acceptors (Lipinski definition) is 5. The van der Waals surface area contributed by atoms with Crippen molar-refractivity contribution in [1.29, 1.82) is 0 Å². The van der Waals surface area contributed by atoms with Gasteiger partial charge in [-0.1, -0.05) is 23.7 Å². The van der Waals surface area contributed by atoms with Crippen LogP contribution in [0.5, 0.6) is 5.88 Å². The van der Waals surface area contributed by atoms with E-state index in [1.807, 2.05) is 31.2 Å². The first-order chi connectivity index (χ1) is 9.63. The predicted molar refractivity (Wildman–Crippen MR) is 78.5 cm³/mol. The first-order valence-corrected chi connectivity index (χ1v) is 6.60. The maximum absolute atomic E-state index is 6.24. The summed E-state index contributed by atoms with van der Waals surface area (Å²) in [7, 11) is 1.55. The van der Waals surface area contributed by atoms with Crippen molar-refractivity contribution in [3.8, 4) is 5.88 Å². The SMILES string of the molecule is COc1ccc(C(Cc2ccc(C)cc2Cl)NN)nn1. The number of aryl methyl sites for hydroxylation is 1. The van der Waals surface area contributed by atoms with Crippen LogP contribution in [-0.2, 0) is 6.42 Å². The number of nitrogens with one attached hydrogen (secondary N) is 1. The highest BCUT2D eigenvalue weighted by Crippen LogP contribution is 2.23. The van der Waals surface area contributed by atoms with Crippen LogP contribution in [0.1, 0.15) is 22.9 Å². The van der Waals surface area contributed by atoms with Gasteiger partial charge in [-0.3, -0.25) is 11.3 Å². The second-order valence-corrected chi connectivity index (χ2v) is 4.93. The number of rotatable bonds is 5. The van der Waals surface area contributed by atoms with Crippen molar-refractivity contribution in [3.05, 3.63) is 52.2 Å². The lowest BCUT2D eigenvalue weighted by Crippen LogP contribution is -2.30. The third-order valence-electron chi connectivity index (χ3n) is 3.06. The number of methoxy groups -OCH3 is 1. The summed E-state index contributed by atoms with van der Waals surface area (Å²) in [5.74, 6) is 6.08. The standard InChI is InChI=1S/C14H17ClN4O/c1-9-3-4-10(11(15)7-9)8-13(17-16)12-5-6-14(20-2)19-18-12/h3-7,13,17H,8,16H2,1-2H3. The van der Waals surface area contributed by atoms with E-state index in [2.05, 4.69) is 15.6 Å². The summed E-state index contributed by atoms with van der Waals surface area (Å²) >= 11 is 6.24.